The Hall–Kier alpha value is -1.56. The maximum atomic E-state index is 13.5. The Labute approximate surface area is 102 Å². The SMILES string of the molecule is CC(C)CC(C)CNc1ccc(C#N)cc1F. The highest BCUT2D eigenvalue weighted by molar-refractivity contribution is 5.48. The maximum Gasteiger partial charge on any atom is 0.147 e. The second-order valence-electron chi connectivity index (χ2n) is 4.92. The van der Waals surface area contributed by atoms with Gasteiger partial charge in [0, 0.05) is 6.54 Å². The molecule has 0 bridgehead atoms. The largest absolute Gasteiger partial charge is 0.382 e. The summed E-state index contributed by atoms with van der Waals surface area (Å²) < 4.78 is 13.5. The van der Waals surface area contributed by atoms with Crippen LogP contribution in [0.2, 0.25) is 0 Å². The molecule has 0 spiro atoms. The van der Waals surface area contributed by atoms with Crippen LogP contribution in [0.25, 0.3) is 0 Å². The summed E-state index contributed by atoms with van der Waals surface area (Å²) >= 11 is 0. The van der Waals surface area contributed by atoms with Gasteiger partial charge in [0.05, 0.1) is 17.3 Å². The minimum Gasteiger partial charge on any atom is -0.382 e. The van der Waals surface area contributed by atoms with E-state index < -0.39 is 0 Å². The lowest BCUT2D eigenvalue weighted by Gasteiger charge is -2.15. The highest BCUT2D eigenvalue weighted by Gasteiger charge is 2.07. The lowest BCUT2D eigenvalue weighted by molar-refractivity contribution is 0.454. The van der Waals surface area contributed by atoms with Gasteiger partial charge in [-0.05, 0) is 36.5 Å². The predicted octanol–water partition coefficient (Wildman–Crippen LogP) is 3.79. The van der Waals surface area contributed by atoms with E-state index in [2.05, 4.69) is 26.1 Å². The second kappa shape index (κ2) is 6.24. The van der Waals surface area contributed by atoms with Gasteiger partial charge in [0.1, 0.15) is 5.82 Å². The third-order valence-corrected chi connectivity index (χ3v) is 2.61. The summed E-state index contributed by atoms with van der Waals surface area (Å²) in [5.74, 6) is 0.795. The first-order valence-electron chi connectivity index (χ1n) is 5.96. The van der Waals surface area contributed by atoms with E-state index >= 15 is 0 Å². The number of nitrogens with zero attached hydrogens (tertiary/aromatic N) is 1. The lowest BCUT2D eigenvalue weighted by atomic mass is 9.99. The van der Waals surface area contributed by atoms with E-state index in [-0.39, 0.29) is 5.82 Å². The van der Waals surface area contributed by atoms with Crippen molar-refractivity contribution in [2.45, 2.75) is 27.2 Å². The van der Waals surface area contributed by atoms with Gasteiger partial charge in [-0.25, -0.2) is 4.39 Å². The molecule has 3 heteroatoms. The third kappa shape index (κ3) is 4.44. The molecule has 0 saturated heterocycles. The minimum atomic E-state index is -0.360. The maximum absolute atomic E-state index is 13.5. The number of hydrogen-bond acceptors (Lipinski definition) is 2. The minimum absolute atomic E-state index is 0.350. The molecule has 0 fully saturated rings. The number of hydrogen-bond donors (Lipinski definition) is 1. The third-order valence-electron chi connectivity index (χ3n) is 2.61. The molecule has 0 aliphatic rings. The number of benzene rings is 1. The number of nitrogens with one attached hydrogen (secondary N) is 1. The van der Waals surface area contributed by atoms with E-state index in [1.807, 2.05) is 6.07 Å². The molecule has 0 radical (unpaired) electrons. The summed E-state index contributed by atoms with van der Waals surface area (Å²) in [7, 11) is 0. The molecule has 2 nitrogen and oxygen atoms in total. The monoisotopic (exact) mass is 234 g/mol. The molecular weight excluding hydrogens is 215 g/mol. The van der Waals surface area contributed by atoms with Crippen molar-refractivity contribution in [1.29, 1.82) is 5.26 Å². The van der Waals surface area contributed by atoms with Crippen LogP contribution in [-0.4, -0.2) is 6.54 Å². The molecule has 0 saturated carbocycles. The number of halogens is 1. The van der Waals surface area contributed by atoms with Gasteiger partial charge in [-0.15, -0.1) is 0 Å². The van der Waals surface area contributed by atoms with Crippen LogP contribution in [0, 0.1) is 29.0 Å². The average molecular weight is 234 g/mol. The van der Waals surface area contributed by atoms with Gasteiger partial charge in [-0.2, -0.15) is 5.26 Å². The predicted molar refractivity (Wildman–Crippen MR) is 68.2 cm³/mol. The fourth-order valence-electron chi connectivity index (χ4n) is 1.90. The molecule has 1 unspecified atom stereocenters. The highest BCUT2D eigenvalue weighted by atomic mass is 19.1. The molecule has 0 aliphatic carbocycles. The first kappa shape index (κ1) is 13.5. The van der Waals surface area contributed by atoms with Gasteiger partial charge in [0.25, 0.3) is 0 Å². The molecule has 1 atom stereocenters. The second-order valence-corrected chi connectivity index (χ2v) is 4.92. The fraction of sp³-hybridized carbons (Fsp3) is 0.500. The first-order valence-corrected chi connectivity index (χ1v) is 5.96. The number of rotatable bonds is 5. The normalized spacial score (nSPS) is 12.2. The van der Waals surface area contributed by atoms with E-state index in [1.54, 1.807) is 12.1 Å². The smallest absolute Gasteiger partial charge is 0.147 e. The van der Waals surface area contributed by atoms with Gasteiger partial charge >= 0.3 is 0 Å². The molecule has 1 aromatic rings. The topological polar surface area (TPSA) is 35.8 Å². The average Bonchev–Trinajstić information content (AvgIpc) is 2.26. The summed E-state index contributed by atoms with van der Waals surface area (Å²) in [5.41, 5.74) is 0.822. The Morgan fingerprint density at radius 1 is 1.35 bits per heavy atom. The molecule has 0 aromatic heterocycles. The van der Waals surface area contributed by atoms with Crippen molar-refractivity contribution in [2.75, 3.05) is 11.9 Å². The van der Waals surface area contributed by atoms with E-state index in [0.29, 0.717) is 23.1 Å². The molecule has 92 valence electrons. The zero-order valence-corrected chi connectivity index (χ0v) is 10.6. The van der Waals surface area contributed by atoms with E-state index in [0.717, 1.165) is 13.0 Å². The zero-order chi connectivity index (χ0) is 12.8. The van der Waals surface area contributed by atoms with E-state index in [1.165, 1.54) is 6.07 Å². The molecule has 1 rings (SSSR count). The van der Waals surface area contributed by atoms with Crippen LogP contribution < -0.4 is 5.32 Å². The van der Waals surface area contributed by atoms with Gasteiger partial charge in [-0.1, -0.05) is 20.8 Å². The van der Waals surface area contributed by atoms with Gasteiger partial charge < -0.3 is 5.32 Å². The Morgan fingerprint density at radius 2 is 2.06 bits per heavy atom. The standard InChI is InChI=1S/C14H19FN2/c1-10(2)6-11(3)9-17-14-5-4-12(8-16)7-13(14)15/h4-5,7,10-11,17H,6,9H2,1-3H3. The summed E-state index contributed by atoms with van der Waals surface area (Å²) in [6.07, 6.45) is 1.12. The fourth-order valence-corrected chi connectivity index (χ4v) is 1.90. The molecule has 1 N–H and O–H groups in total. The number of anilines is 1. The van der Waals surface area contributed by atoms with Crippen LogP contribution in [-0.2, 0) is 0 Å². The summed E-state index contributed by atoms with van der Waals surface area (Å²) in [5, 5.41) is 11.7. The molecule has 17 heavy (non-hydrogen) atoms. The van der Waals surface area contributed by atoms with Crippen molar-refractivity contribution >= 4 is 5.69 Å². The summed E-state index contributed by atoms with van der Waals surface area (Å²) in [6, 6.07) is 6.42. The van der Waals surface area contributed by atoms with Crippen LogP contribution in [0.4, 0.5) is 10.1 Å². The van der Waals surface area contributed by atoms with Gasteiger partial charge in [0.15, 0.2) is 0 Å². The van der Waals surface area contributed by atoms with Crippen molar-refractivity contribution in [1.82, 2.24) is 0 Å². The molecule has 0 heterocycles. The summed E-state index contributed by atoms with van der Waals surface area (Å²) in [6.45, 7) is 7.26. The zero-order valence-electron chi connectivity index (χ0n) is 10.6. The Kier molecular flexibility index (Phi) is 4.96. The van der Waals surface area contributed by atoms with E-state index in [4.69, 9.17) is 5.26 Å². The van der Waals surface area contributed by atoms with E-state index in [9.17, 15) is 4.39 Å². The highest BCUT2D eigenvalue weighted by Crippen LogP contribution is 2.17. The van der Waals surface area contributed by atoms with Crippen LogP contribution in [0.15, 0.2) is 18.2 Å². The molecule has 0 aliphatic heterocycles. The number of nitriles is 1. The van der Waals surface area contributed by atoms with Crippen LogP contribution in [0.5, 0.6) is 0 Å². The summed E-state index contributed by atoms with van der Waals surface area (Å²) in [4.78, 5) is 0. The molecule has 0 amide bonds. The molecular formula is C14H19FN2. The van der Waals surface area contributed by atoms with Crippen molar-refractivity contribution in [2.24, 2.45) is 11.8 Å². The van der Waals surface area contributed by atoms with Gasteiger partial charge in [0.2, 0.25) is 0 Å². The lowest BCUT2D eigenvalue weighted by Crippen LogP contribution is -2.14. The van der Waals surface area contributed by atoms with Crippen molar-refractivity contribution in [3.8, 4) is 6.07 Å². The Bertz CT molecular complexity index is 407. The quantitative estimate of drug-likeness (QED) is 0.841. The van der Waals surface area contributed by atoms with Crippen LogP contribution in [0.3, 0.4) is 0 Å². The van der Waals surface area contributed by atoms with Crippen molar-refractivity contribution in [3.05, 3.63) is 29.6 Å². The first-order chi connectivity index (χ1) is 8.02. The Morgan fingerprint density at radius 3 is 2.59 bits per heavy atom. The van der Waals surface area contributed by atoms with Gasteiger partial charge in [-0.3, -0.25) is 0 Å². The molecule has 1 aromatic carbocycles. The van der Waals surface area contributed by atoms with Crippen LogP contribution >= 0.6 is 0 Å². The van der Waals surface area contributed by atoms with Crippen molar-refractivity contribution < 1.29 is 4.39 Å². The Balaban J connectivity index is 2.55. The van der Waals surface area contributed by atoms with Crippen LogP contribution in [0.1, 0.15) is 32.8 Å². The van der Waals surface area contributed by atoms with Crippen molar-refractivity contribution in [3.63, 3.8) is 0 Å².